The normalized spacial score (nSPS) is 14.0. The SMILES string of the molecule is CCCC(CC)Oc1ccc(C2=C(c3ccc(OCF)cc3)CSc3cc(N)ccc32)cc1. The molecule has 2 N–H and O–H groups in total. The molecule has 5 heteroatoms. The molecule has 3 aromatic rings. The number of halogens is 1. The molecular weight excluding hydrogens is 433 g/mol. The first-order valence-corrected chi connectivity index (χ1v) is 12.4. The highest BCUT2D eigenvalue weighted by molar-refractivity contribution is 7.99. The van der Waals surface area contributed by atoms with Crippen LogP contribution in [0.5, 0.6) is 11.5 Å². The molecule has 0 spiro atoms. The zero-order valence-electron chi connectivity index (χ0n) is 19.1. The van der Waals surface area contributed by atoms with E-state index in [1.807, 2.05) is 36.4 Å². The minimum atomic E-state index is -0.830. The van der Waals surface area contributed by atoms with E-state index >= 15 is 0 Å². The maximum atomic E-state index is 12.5. The summed E-state index contributed by atoms with van der Waals surface area (Å²) in [4.78, 5) is 1.18. The van der Waals surface area contributed by atoms with Crippen LogP contribution in [0.25, 0.3) is 11.1 Å². The number of anilines is 1. The number of fused-ring (bicyclic) bond motifs is 1. The molecular formula is C28H30FNO2S. The Labute approximate surface area is 199 Å². The summed E-state index contributed by atoms with van der Waals surface area (Å²) in [5.74, 6) is 2.25. The highest BCUT2D eigenvalue weighted by atomic mass is 32.2. The van der Waals surface area contributed by atoms with Crippen LogP contribution >= 0.6 is 11.8 Å². The molecule has 33 heavy (non-hydrogen) atoms. The van der Waals surface area contributed by atoms with Gasteiger partial charge in [-0.2, -0.15) is 0 Å². The van der Waals surface area contributed by atoms with Crippen LogP contribution in [0.1, 0.15) is 49.8 Å². The van der Waals surface area contributed by atoms with Crippen molar-refractivity contribution in [3.8, 4) is 11.5 Å². The van der Waals surface area contributed by atoms with Gasteiger partial charge in [-0.1, -0.05) is 50.6 Å². The minimum Gasteiger partial charge on any atom is -0.490 e. The van der Waals surface area contributed by atoms with Crippen LogP contribution in [-0.4, -0.2) is 18.7 Å². The Balaban J connectivity index is 1.74. The van der Waals surface area contributed by atoms with Crippen molar-refractivity contribution in [2.75, 3.05) is 18.3 Å². The Morgan fingerprint density at radius 2 is 1.64 bits per heavy atom. The van der Waals surface area contributed by atoms with E-state index in [9.17, 15) is 4.39 Å². The summed E-state index contributed by atoms with van der Waals surface area (Å²) in [7, 11) is 0. The summed E-state index contributed by atoms with van der Waals surface area (Å²) < 4.78 is 23.7. The molecule has 1 heterocycles. The molecule has 0 fully saturated rings. The third kappa shape index (κ3) is 5.36. The predicted molar refractivity (Wildman–Crippen MR) is 137 cm³/mol. The monoisotopic (exact) mass is 463 g/mol. The van der Waals surface area contributed by atoms with Gasteiger partial charge in [-0.25, -0.2) is 4.39 Å². The van der Waals surface area contributed by atoms with E-state index in [4.69, 9.17) is 15.2 Å². The number of thioether (sulfide) groups is 1. The highest BCUT2D eigenvalue weighted by Crippen LogP contribution is 2.45. The molecule has 0 saturated heterocycles. The van der Waals surface area contributed by atoms with Crippen molar-refractivity contribution in [3.05, 3.63) is 83.4 Å². The molecule has 0 amide bonds. The van der Waals surface area contributed by atoms with Gasteiger partial charge in [0.2, 0.25) is 6.86 Å². The fourth-order valence-corrected chi connectivity index (χ4v) is 5.34. The molecule has 3 aromatic carbocycles. The van der Waals surface area contributed by atoms with E-state index in [0.717, 1.165) is 47.6 Å². The summed E-state index contributed by atoms with van der Waals surface area (Å²) in [5.41, 5.74) is 12.7. The molecule has 0 bridgehead atoms. The first kappa shape index (κ1) is 23.2. The first-order chi connectivity index (χ1) is 16.1. The number of rotatable bonds is 9. The zero-order valence-corrected chi connectivity index (χ0v) is 20.0. The van der Waals surface area contributed by atoms with Crippen LogP contribution in [0.4, 0.5) is 10.1 Å². The van der Waals surface area contributed by atoms with Crippen LogP contribution < -0.4 is 15.2 Å². The van der Waals surface area contributed by atoms with Crippen molar-refractivity contribution in [2.45, 2.75) is 44.1 Å². The molecule has 1 aliphatic rings. The summed E-state index contributed by atoms with van der Waals surface area (Å²) in [5, 5.41) is 0. The molecule has 1 atom stereocenters. The van der Waals surface area contributed by atoms with E-state index < -0.39 is 6.86 Å². The predicted octanol–water partition coefficient (Wildman–Crippen LogP) is 7.60. The largest absolute Gasteiger partial charge is 0.490 e. The van der Waals surface area contributed by atoms with Crippen LogP contribution in [0.15, 0.2) is 71.6 Å². The number of alkyl halides is 1. The van der Waals surface area contributed by atoms with Gasteiger partial charge in [0, 0.05) is 16.3 Å². The van der Waals surface area contributed by atoms with E-state index in [-0.39, 0.29) is 6.10 Å². The summed E-state index contributed by atoms with van der Waals surface area (Å²) in [6.07, 6.45) is 3.41. The average molecular weight is 464 g/mol. The maximum absolute atomic E-state index is 12.5. The number of benzene rings is 3. The number of nitrogens with two attached hydrogens (primary N) is 1. The highest BCUT2D eigenvalue weighted by Gasteiger charge is 2.22. The lowest BCUT2D eigenvalue weighted by molar-refractivity contribution is 0.185. The van der Waals surface area contributed by atoms with Crippen molar-refractivity contribution in [3.63, 3.8) is 0 Å². The zero-order chi connectivity index (χ0) is 23.2. The Hall–Kier alpha value is -2.92. The molecule has 0 radical (unpaired) electrons. The van der Waals surface area contributed by atoms with Crippen LogP contribution in [0.2, 0.25) is 0 Å². The number of nitrogen functional groups attached to an aromatic ring is 1. The van der Waals surface area contributed by atoms with E-state index in [2.05, 4.69) is 44.2 Å². The van der Waals surface area contributed by atoms with Gasteiger partial charge in [-0.15, -0.1) is 11.8 Å². The van der Waals surface area contributed by atoms with Gasteiger partial charge in [-0.3, -0.25) is 0 Å². The van der Waals surface area contributed by atoms with Crippen LogP contribution in [-0.2, 0) is 0 Å². The standard InChI is InChI=1S/C28H30FNO2S/c1-3-5-22(4-2)32-24-13-8-20(9-14-24)28-25-15-10-21(30)16-27(25)33-17-26(28)19-6-11-23(12-7-19)31-18-29/h6-16,22H,3-5,17-18,30H2,1-2H3. The lowest BCUT2D eigenvalue weighted by atomic mass is 9.89. The molecule has 0 aliphatic carbocycles. The smallest absolute Gasteiger partial charge is 0.228 e. The van der Waals surface area contributed by atoms with Gasteiger partial charge in [0.05, 0.1) is 6.10 Å². The molecule has 4 rings (SSSR count). The van der Waals surface area contributed by atoms with Crippen molar-refractivity contribution in [1.29, 1.82) is 0 Å². The molecule has 0 saturated carbocycles. The Bertz CT molecular complexity index is 1110. The van der Waals surface area contributed by atoms with Crippen LogP contribution in [0.3, 0.4) is 0 Å². The third-order valence-corrected chi connectivity index (χ3v) is 6.97. The van der Waals surface area contributed by atoms with Crippen LogP contribution in [0, 0.1) is 0 Å². The number of hydrogen-bond donors (Lipinski definition) is 1. The van der Waals surface area contributed by atoms with Gasteiger partial charge < -0.3 is 15.2 Å². The van der Waals surface area contributed by atoms with E-state index in [1.165, 1.54) is 21.6 Å². The topological polar surface area (TPSA) is 44.5 Å². The van der Waals surface area contributed by atoms with Gasteiger partial charge in [-0.05, 0) is 77.1 Å². The Morgan fingerprint density at radius 3 is 2.30 bits per heavy atom. The second-order valence-corrected chi connectivity index (χ2v) is 9.15. The summed E-state index contributed by atoms with van der Waals surface area (Å²) in [6, 6.07) is 22.1. The van der Waals surface area contributed by atoms with Crippen molar-refractivity contribution >= 4 is 28.6 Å². The van der Waals surface area contributed by atoms with Crippen molar-refractivity contribution in [1.82, 2.24) is 0 Å². The molecule has 1 aliphatic heterocycles. The third-order valence-electron chi connectivity index (χ3n) is 5.88. The van der Waals surface area contributed by atoms with E-state index in [1.54, 1.807) is 11.8 Å². The lowest BCUT2D eigenvalue weighted by Gasteiger charge is -2.25. The molecule has 0 aromatic heterocycles. The van der Waals surface area contributed by atoms with Crippen molar-refractivity contribution < 1.29 is 13.9 Å². The Kier molecular flexibility index (Phi) is 7.61. The number of ether oxygens (including phenoxy) is 2. The summed E-state index contributed by atoms with van der Waals surface area (Å²) in [6.45, 7) is 3.52. The first-order valence-electron chi connectivity index (χ1n) is 11.4. The van der Waals surface area contributed by atoms with Gasteiger partial charge in [0.25, 0.3) is 0 Å². The van der Waals surface area contributed by atoms with Crippen molar-refractivity contribution in [2.24, 2.45) is 0 Å². The molecule has 1 unspecified atom stereocenters. The average Bonchev–Trinajstić information content (AvgIpc) is 2.84. The molecule has 172 valence electrons. The summed E-state index contributed by atoms with van der Waals surface area (Å²) >= 11 is 1.78. The second kappa shape index (κ2) is 10.8. The maximum Gasteiger partial charge on any atom is 0.228 e. The fraction of sp³-hybridized carbons (Fsp3) is 0.286. The fourth-order valence-electron chi connectivity index (χ4n) is 4.18. The Morgan fingerprint density at radius 1 is 0.939 bits per heavy atom. The number of hydrogen-bond acceptors (Lipinski definition) is 4. The van der Waals surface area contributed by atoms with Gasteiger partial charge in [0.1, 0.15) is 11.5 Å². The second-order valence-electron chi connectivity index (χ2n) is 8.14. The van der Waals surface area contributed by atoms with Gasteiger partial charge >= 0.3 is 0 Å². The van der Waals surface area contributed by atoms with E-state index in [0.29, 0.717) is 5.75 Å². The quantitative estimate of drug-likeness (QED) is 0.332. The molecule has 3 nitrogen and oxygen atoms in total. The van der Waals surface area contributed by atoms with Gasteiger partial charge in [0.15, 0.2) is 0 Å². The minimum absolute atomic E-state index is 0.246. The lowest BCUT2D eigenvalue weighted by Crippen LogP contribution is -2.14.